The van der Waals surface area contributed by atoms with Crippen LogP contribution in [0.15, 0.2) is 48.5 Å². The SMILES string of the molecule is CC(C)(c1cccc(-c2ccc(F)nc2F)n1)c1cccc(C(O)(C(F)(F)F)C(F)(F)F)n1. The fourth-order valence-corrected chi connectivity index (χ4v) is 3.10. The van der Waals surface area contributed by atoms with Crippen LogP contribution in [0, 0.1) is 11.9 Å². The lowest BCUT2D eigenvalue weighted by atomic mass is 9.83. The van der Waals surface area contributed by atoms with Crippen molar-refractivity contribution in [3.05, 3.63) is 77.5 Å². The molecule has 1 N–H and O–H groups in total. The average Bonchev–Trinajstić information content (AvgIpc) is 2.71. The van der Waals surface area contributed by atoms with Crippen molar-refractivity contribution in [3.8, 4) is 11.3 Å². The van der Waals surface area contributed by atoms with E-state index in [1.54, 1.807) is 0 Å². The summed E-state index contributed by atoms with van der Waals surface area (Å²) in [6.45, 7) is 2.84. The molecule has 33 heavy (non-hydrogen) atoms. The predicted octanol–water partition coefficient (Wildman–Crippen LogP) is 5.45. The zero-order chi connectivity index (χ0) is 24.8. The summed E-state index contributed by atoms with van der Waals surface area (Å²) in [6, 6.07) is 8.68. The minimum atomic E-state index is -6.09. The molecule has 3 rings (SSSR count). The Labute approximate surface area is 182 Å². The Hall–Kier alpha value is -3.15. The predicted molar refractivity (Wildman–Crippen MR) is 99.8 cm³/mol. The number of hydrogen-bond acceptors (Lipinski definition) is 4. The van der Waals surface area contributed by atoms with Gasteiger partial charge in [-0.2, -0.15) is 40.1 Å². The molecule has 3 aromatic heterocycles. The second kappa shape index (κ2) is 8.01. The molecule has 0 unspecified atom stereocenters. The van der Waals surface area contributed by atoms with Crippen molar-refractivity contribution in [2.24, 2.45) is 0 Å². The van der Waals surface area contributed by atoms with Gasteiger partial charge in [-0.1, -0.05) is 12.1 Å². The van der Waals surface area contributed by atoms with Crippen molar-refractivity contribution in [1.29, 1.82) is 0 Å². The van der Waals surface area contributed by atoms with Crippen LogP contribution in [0.5, 0.6) is 0 Å². The van der Waals surface area contributed by atoms with Crippen molar-refractivity contribution in [3.63, 3.8) is 0 Å². The van der Waals surface area contributed by atoms with E-state index in [4.69, 9.17) is 0 Å². The van der Waals surface area contributed by atoms with E-state index in [1.165, 1.54) is 38.1 Å². The molecule has 0 saturated carbocycles. The summed E-state index contributed by atoms with van der Waals surface area (Å²) in [5.74, 6) is -2.21. The maximum absolute atomic E-state index is 14.1. The van der Waals surface area contributed by atoms with Crippen LogP contribution in [-0.4, -0.2) is 32.4 Å². The molecule has 0 saturated heterocycles. The molecule has 3 aromatic rings. The fraction of sp³-hybridized carbons (Fsp3) is 0.286. The van der Waals surface area contributed by atoms with Crippen LogP contribution in [-0.2, 0) is 11.0 Å². The van der Waals surface area contributed by atoms with Crippen molar-refractivity contribution < 1.29 is 40.2 Å². The molecule has 0 amide bonds. The molecule has 12 heteroatoms. The van der Waals surface area contributed by atoms with Gasteiger partial charge in [0.2, 0.25) is 11.9 Å². The van der Waals surface area contributed by atoms with Gasteiger partial charge in [0, 0.05) is 5.41 Å². The largest absolute Gasteiger partial charge is 0.432 e. The molecule has 4 nitrogen and oxygen atoms in total. The summed E-state index contributed by atoms with van der Waals surface area (Å²) in [6.07, 6.45) is -12.2. The highest BCUT2D eigenvalue weighted by molar-refractivity contribution is 5.59. The summed E-state index contributed by atoms with van der Waals surface area (Å²) in [7, 11) is 0. The lowest BCUT2D eigenvalue weighted by Gasteiger charge is -2.33. The Bertz CT molecular complexity index is 1160. The van der Waals surface area contributed by atoms with Gasteiger partial charge in [-0.05, 0) is 50.2 Å². The number of pyridine rings is 3. The Morgan fingerprint density at radius 3 is 1.73 bits per heavy atom. The van der Waals surface area contributed by atoms with Crippen molar-refractivity contribution in [1.82, 2.24) is 15.0 Å². The Balaban J connectivity index is 2.11. The van der Waals surface area contributed by atoms with Crippen LogP contribution >= 0.6 is 0 Å². The van der Waals surface area contributed by atoms with Crippen LogP contribution in [0.2, 0.25) is 0 Å². The number of alkyl halides is 6. The lowest BCUT2D eigenvalue weighted by molar-refractivity contribution is -0.377. The molecule has 0 radical (unpaired) electrons. The van der Waals surface area contributed by atoms with E-state index in [1.807, 2.05) is 0 Å². The first-order valence-corrected chi connectivity index (χ1v) is 9.23. The third-order valence-corrected chi connectivity index (χ3v) is 5.06. The van der Waals surface area contributed by atoms with Crippen molar-refractivity contribution >= 4 is 0 Å². The van der Waals surface area contributed by atoms with Crippen LogP contribution in [0.4, 0.5) is 35.1 Å². The highest BCUT2D eigenvalue weighted by atomic mass is 19.4. The molecular weight excluding hydrogens is 462 g/mol. The van der Waals surface area contributed by atoms with E-state index in [-0.39, 0.29) is 22.6 Å². The first kappa shape index (κ1) is 24.5. The van der Waals surface area contributed by atoms with Gasteiger partial charge in [0.15, 0.2) is 0 Å². The van der Waals surface area contributed by atoms with Gasteiger partial charge in [0.25, 0.3) is 5.60 Å². The maximum atomic E-state index is 14.1. The maximum Gasteiger partial charge on any atom is 0.432 e. The second-order valence-electron chi connectivity index (χ2n) is 7.62. The summed E-state index contributed by atoms with van der Waals surface area (Å²) in [5, 5.41) is 9.65. The minimum Gasteiger partial charge on any atom is -0.368 e. The molecule has 0 bridgehead atoms. The molecule has 0 aliphatic carbocycles. The molecule has 176 valence electrons. The third-order valence-electron chi connectivity index (χ3n) is 5.06. The van der Waals surface area contributed by atoms with Gasteiger partial charge in [0.1, 0.15) is 0 Å². The normalized spacial score (nSPS) is 13.3. The number of hydrogen-bond donors (Lipinski definition) is 1. The van der Waals surface area contributed by atoms with Crippen molar-refractivity contribution in [2.45, 2.75) is 37.2 Å². The number of rotatable bonds is 4. The Kier molecular flexibility index (Phi) is 5.95. The van der Waals surface area contributed by atoms with E-state index < -0.39 is 41.0 Å². The topological polar surface area (TPSA) is 58.9 Å². The van der Waals surface area contributed by atoms with Crippen LogP contribution < -0.4 is 0 Å². The molecule has 0 aromatic carbocycles. The highest BCUT2D eigenvalue weighted by Crippen LogP contribution is 2.49. The number of halogens is 8. The Morgan fingerprint density at radius 2 is 1.18 bits per heavy atom. The molecule has 0 aliphatic heterocycles. The smallest absolute Gasteiger partial charge is 0.368 e. The van der Waals surface area contributed by atoms with E-state index in [2.05, 4.69) is 15.0 Å². The van der Waals surface area contributed by atoms with Gasteiger partial charge in [0.05, 0.1) is 28.3 Å². The highest BCUT2D eigenvalue weighted by Gasteiger charge is 2.72. The number of aromatic nitrogens is 3. The molecule has 0 spiro atoms. The molecule has 3 heterocycles. The first-order valence-electron chi connectivity index (χ1n) is 9.23. The molecule has 0 aliphatic rings. The number of nitrogens with zero attached hydrogens (tertiary/aromatic N) is 3. The van der Waals surface area contributed by atoms with E-state index in [9.17, 15) is 40.2 Å². The second-order valence-corrected chi connectivity index (χ2v) is 7.62. The average molecular weight is 477 g/mol. The fourth-order valence-electron chi connectivity index (χ4n) is 3.10. The Morgan fingerprint density at radius 1 is 0.667 bits per heavy atom. The van der Waals surface area contributed by atoms with Gasteiger partial charge >= 0.3 is 12.4 Å². The van der Waals surface area contributed by atoms with Gasteiger partial charge in [-0.3, -0.25) is 9.97 Å². The number of aliphatic hydroxyl groups is 1. The van der Waals surface area contributed by atoms with E-state index >= 15 is 0 Å². The summed E-state index contributed by atoms with van der Waals surface area (Å²) in [4.78, 5) is 10.8. The third kappa shape index (κ3) is 4.26. The quantitative estimate of drug-likeness (QED) is 0.401. The monoisotopic (exact) mass is 477 g/mol. The van der Waals surface area contributed by atoms with Gasteiger partial charge in [-0.25, -0.2) is 0 Å². The minimum absolute atomic E-state index is 0.00353. The lowest BCUT2D eigenvalue weighted by Crippen LogP contribution is -2.54. The first-order chi connectivity index (χ1) is 15.1. The molecule has 0 fully saturated rings. The van der Waals surface area contributed by atoms with Gasteiger partial charge in [-0.15, -0.1) is 0 Å². The molecule has 0 atom stereocenters. The van der Waals surface area contributed by atoms with E-state index in [0.717, 1.165) is 18.2 Å². The van der Waals surface area contributed by atoms with Crippen molar-refractivity contribution in [2.75, 3.05) is 0 Å². The van der Waals surface area contributed by atoms with Crippen LogP contribution in [0.3, 0.4) is 0 Å². The molecular formula is C21H15F8N3O. The van der Waals surface area contributed by atoms with E-state index in [0.29, 0.717) is 6.07 Å². The van der Waals surface area contributed by atoms with Crippen LogP contribution in [0.1, 0.15) is 30.9 Å². The standard InChI is InChI=1S/C21H15F8N3O/c1-18(2,13-6-3-5-12(30-13)11-9-10-16(22)32-17(11)23)14-7-4-8-15(31-14)19(33,20(24,25)26)21(27,28)29/h3-10,33H,1-2H3. The van der Waals surface area contributed by atoms with Crippen LogP contribution in [0.25, 0.3) is 11.3 Å². The van der Waals surface area contributed by atoms with Gasteiger partial charge < -0.3 is 5.11 Å². The zero-order valence-corrected chi connectivity index (χ0v) is 16.9. The zero-order valence-electron chi connectivity index (χ0n) is 16.9. The summed E-state index contributed by atoms with van der Waals surface area (Å²) >= 11 is 0. The summed E-state index contributed by atoms with van der Waals surface area (Å²) < 4.78 is 107. The summed E-state index contributed by atoms with van der Waals surface area (Å²) in [5.41, 5.74) is -8.55.